The summed E-state index contributed by atoms with van der Waals surface area (Å²) in [5.41, 5.74) is 0.299. The summed E-state index contributed by atoms with van der Waals surface area (Å²) in [4.78, 5) is 27.7. The number of aliphatic carboxylic acids is 1. The van der Waals surface area contributed by atoms with Gasteiger partial charge in [0.15, 0.2) is 11.6 Å². The number of amides is 1. The van der Waals surface area contributed by atoms with Gasteiger partial charge in [-0.15, -0.1) is 20.4 Å². The zero-order valence-corrected chi connectivity index (χ0v) is 17.1. The van der Waals surface area contributed by atoms with E-state index < -0.39 is 18.3 Å². The molecule has 2 heterocycles. The number of nitrogens with zero attached hydrogens (tertiary/aromatic N) is 8. The lowest BCUT2D eigenvalue weighted by molar-refractivity contribution is -0.138. The Hall–Kier alpha value is -3.48. The molecule has 30 heavy (non-hydrogen) atoms. The smallest absolute Gasteiger partial charge is 0.327 e. The fraction of sp³-hybridized carbons (Fsp3) is 0.353. The number of hydrogen-bond donors (Lipinski definition) is 1. The van der Waals surface area contributed by atoms with Gasteiger partial charge in [-0.2, -0.15) is 4.80 Å². The fourth-order valence-electron chi connectivity index (χ4n) is 2.55. The van der Waals surface area contributed by atoms with Crippen LogP contribution in [-0.2, 0) is 11.3 Å². The summed E-state index contributed by atoms with van der Waals surface area (Å²) in [5.74, 6) is -1.60. The van der Waals surface area contributed by atoms with Crippen LogP contribution in [0.25, 0.3) is 10.8 Å². The number of carbonyl (C=O) groups is 2. The van der Waals surface area contributed by atoms with Crippen molar-refractivity contribution in [3.8, 4) is 10.8 Å². The lowest BCUT2D eigenvalue weighted by Crippen LogP contribution is -2.37. The third-order valence-corrected chi connectivity index (χ3v) is 5.14. The molecule has 3 aromatic rings. The van der Waals surface area contributed by atoms with E-state index >= 15 is 0 Å². The standard InChI is InChI=1S/C17H19FN8O3S/c1-3-25(16(29)11-5-4-6-12(18)9-11)8-7-24(2)17-21-20-15(30-17)14-19-23-26(22-14)10-13(27)28/h4-6,9H,3,7-8,10H2,1-2H3,(H,27,28). The van der Waals surface area contributed by atoms with Gasteiger partial charge in [0.1, 0.15) is 5.82 Å². The molecular weight excluding hydrogens is 415 g/mol. The van der Waals surface area contributed by atoms with Crippen LogP contribution in [-0.4, -0.2) is 79.0 Å². The monoisotopic (exact) mass is 434 g/mol. The highest BCUT2D eigenvalue weighted by Crippen LogP contribution is 2.25. The molecule has 3 rings (SSSR count). The van der Waals surface area contributed by atoms with Crippen molar-refractivity contribution in [3.05, 3.63) is 35.6 Å². The molecule has 0 saturated carbocycles. The molecule has 2 aromatic heterocycles. The summed E-state index contributed by atoms with van der Waals surface area (Å²) in [7, 11) is 1.81. The number of tetrazole rings is 1. The van der Waals surface area contributed by atoms with E-state index in [1.165, 1.54) is 29.5 Å². The zero-order chi connectivity index (χ0) is 21.7. The average Bonchev–Trinajstić information content (AvgIpc) is 3.37. The van der Waals surface area contributed by atoms with E-state index in [2.05, 4.69) is 25.6 Å². The van der Waals surface area contributed by atoms with Crippen LogP contribution in [0.1, 0.15) is 17.3 Å². The third-order valence-electron chi connectivity index (χ3n) is 4.11. The number of halogens is 1. The van der Waals surface area contributed by atoms with Crippen LogP contribution >= 0.6 is 11.3 Å². The molecule has 0 fully saturated rings. The quantitative estimate of drug-likeness (QED) is 0.524. The number of aromatic nitrogens is 6. The van der Waals surface area contributed by atoms with Crippen molar-refractivity contribution in [2.24, 2.45) is 0 Å². The van der Waals surface area contributed by atoms with Crippen LogP contribution < -0.4 is 4.90 Å². The van der Waals surface area contributed by atoms with Crippen LogP contribution in [0.15, 0.2) is 24.3 Å². The maximum Gasteiger partial charge on any atom is 0.327 e. The maximum absolute atomic E-state index is 13.4. The number of carboxylic acid groups (broad SMARTS) is 1. The molecule has 0 spiro atoms. The lowest BCUT2D eigenvalue weighted by Gasteiger charge is -2.24. The molecule has 0 aliphatic rings. The number of carbonyl (C=O) groups excluding carboxylic acids is 1. The van der Waals surface area contributed by atoms with Gasteiger partial charge in [0.25, 0.3) is 5.91 Å². The summed E-state index contributed by atoms with van der Waals surface area (Å²) >= 11 is 1.22. The van der Waals surface area contributed by atoms with Crippen molar-refractivity contribution in [2.75, 3.05) is 31.6 Å². The van der Waals surface area contributed by atoms with E-state index in [4.69, 9.17) is 5.11 Å². The number of likely N-dealkylation sites (N-methyl/N-ethyl adjacent to an activating group) is 2. The van der Waals surface area contributed by atoms with Gasteiger partial charge >= 0.3 is 5.97 Å². The van der Waals surface area contributed by atoms with E-state index in [1.807, 2.05) is 11.8 Å². The van der Waals surface area contributed by atoms with Gasteiger partial charge in [-0.25, -0.2) is 4.39 Å². The molecule has 0 aliphatic heterocycles. The largest absolute Gasteiger partial charge is 0.480 e. The van der Waals surface area contributed by atoms with Crippen molar-refractivity contribution in [1.29, 1.82) is 0 Å². The van der Waals surface area contributed by atoms with Crippen molar-refractivity contribution < 1.29 is 19.1 Å². The van der Waals surface area contributed by atoms with Crippen molar-refractivity contribution >= 4 is 28.3 Å². The second-order valence-electron chi connectivity index (χ2n) is 6.24. The summed E-state index contributed by atoms with van der Waals surface area (Å²) in [6.45, 7) is 2.81. The van der Waals surface area contributed by atoms with E-state index in [9.17, 15) is 14.0 Å². The van der Waals surface area contributed by atoms with Gasteiger partial charge in [0.2, 0.25) is 11.0 Å². The Morgan fingerprint density at radius 1 is 1.23 bits per heavy atom. The molecule has 0 radical (unpaired) electrons. The SMILES string of the molecule is CCN(CCN(C)c1nnc(-c2nnn(CC(=O)O)n2)s1)C(=O)c1cccc(F)c1. The molecule has 13 heteroatoms. The highest BCUT2D eigenvalue weighted by atomic mass is 32.1. The number of anilines is 1. The van der Waals surface area contributed by atoms with Gasteiger partial charge in [0.05, 0.1) is 0 Å². The Labute approximate surface area is 174 Å². The molecule has 1 N–H and O–H groups in total. The minimum Gasteiger partial charge on any atom is -0.480 e. The Morgan fingerprint density at radius 2 is 2.03 bits per heavy atom. The lowest BCUT2D eigenvalue weighted by atomic mass is 10.2. The highest BCUT2D eigenvalue weighted by molar-refractivity contribution is 7.18. The van der Waals surface area contributed by atoms with Gasteiger partial charge in [-0.05, 0) is 30.3 Å². The van der Waals surface area contributed by atoms with Gasteiger partial charge in [-0.3, -0.25) is 9.59 Å². The van der Waals surface area contributed by atoms with Crippen LogP contribution in [0.3, 0.4) is 0 Å². The molecular formula is C17H19FN8O3S. The van der Waals surface area contributed by atoms with Crippen molar-refractivity contribution in [3.63, 3.8) is 0 Å². The number of carboxylic acids is 1. The Morgan fingerprint density at radius 3 is 2.73 bits per heavy atom. The Bertz CT molecular complexity index is 1040. The van der Waals surface area contributed by atoms with Crippen molar-refractivity contribution in [2.45, 2.75) is 13.5 Å². The number of benzene rings is 1. The number of rotatable bonds is 9. The van der Waals surface area contributed by atoms with Crippen LogP contribution in [0.2, 0.25) is 0 Å². The molecule has 0 atom stereocenters. The normalized spacial score (nSPS) is 10.8. The third kappa shape index (κ3) is 5.11. The Balaban J connectivity index is 1.62. The molecule has 1 amide bonds. The molecule has 158 valence electrons. The van der Waals surface area contributed by atoms with Crippen LogP contribution in [0.5, 0.6) is 0 Å². The van der Waals surface area contributed by atoms with E-state index in [1.54, 1.807) is 18.0 Å². The highest BCUT2D eigenvalue weighted by Gasteiger charge is 2.18. The predicted molar refractivity (Wildman–Crippen MR) is 106 cm³/mol. The van der Waals surface area contributed by atoms with Crippen molar-refractivity contribution in [1.82, 2.24) is 35.3 Å². The first-order valence-corrected chi connectivity index (χ1v) is 9.78. The zero-order valence-electron chi connectivity index (χ0n) is 16.3. The van der Waals surface area contributed by atoms with Gasteiger partial charge in [-0.1, -0.05) is 17.4 Å². The number of hydrogen-bond acceptors (Lipinski definition) is 9. The van der Waals surface area contributed by atoms with Gasteiger partial charge < -0.3 is 14.9 Å². The van der Waals surface area contributed by atoms with Gasteiger partial charge in [0, 0.05) is 32.2 Å². The summed E-state index contributed by atoms with van der Waals surface area (Å²) in [6, 6.07) is 5.60. The summed E-state index contributed by atoms with van der Waals surface area (Å²) in [5, 5.41) is 29.3. The molecule has 0 unspecified atom stereocenters. The molecule has 0 saturated heterocycles. The van der Waals surface area contributed by atoms with Crippen LogP contribution in [0, 0.1) is 5.82 Å². The topological polar surface area (TPSA) is 130 Å². The predicted octanol–water partition coefficient (Wildman–Crippen LogP) is 1.01. The van der Waals surface area contributed by atoms with E-state index in [0.717, 1.165) is 4.80 Å². The fourth-order valence-corrected chi connectivity index (χ4v) is 3.31. The Kier molecular flexibility index (Phi) is 6.61. The molecule has 0 bridgehead atoms. The molecule has 11 nitrogen and oxygen atoms in total. The second-order valence-corrected chi connectivity index (χ2v) is 7.20. The average molecular weight is 434 g/mol. The first-order chi connectivity index (χ1) is 14.4. The second kappa shape index (κ2) is 9.35. The first kappa shape index (κ1) is 21.2. The maximum atomic E-state index is 13.4. The van der Waals surface area contributed by atoms with E-state index in [-0.39, 0.29) is 11.7 Å². The van der Waals surface area contributed by atoms with E-state index in [0.29, 0.717) is 35.3 Å². The summed E-state index contributed by atoms with van der Waals surface area (Å²) < 4.78 is 13.4. The first-order valence-electron chi connectivity index (χ1n) is 8.96. The molecule has 1 aromatic carbocycles. The van der Waals surface area contributed by atoms with Crippen LogP contribution in [0.4, 0.5) is 9.52 Å². The minimum atomic E-state index is -1.08. The summed E-state index contributed by atoms with van der Waals surface area (Å²) in [6.07, 6.45) is 0. The molecule has 0 aliphatic carbocycles. The minimum absolute atomic E-state index is 0.185.